The lowest BCUT2D eigenvalue weighted by molar-refractivity contribution is 0.584. The molecular weight excluding hydrogens is 288 g/mol. The lowest BCUT2D eigenvalue weighted by Crippen LogP contribution is -2.36. The summed E-state index contributed by atoms with van der Waals surface area (Å²) in [7, 11) is -3.72. The molecule has 7 heteroatoms. The zero-order valence-corrected chi connectivity index (χ0v) is 12.3. The van der Waals surface area contributed by atoms with Crippen molar-refractivity contribution in [3.05, 3.63) is 48.2 Å². The van der Waals surface area contributed by atoms with Gasteiger partial charge in [-0.3, -0.25) is 4.31 Å². The second-order valence-corrected chi connectivity index (χ2v) is 6.76. The summed E-state index contributed by atoms with van der Waals surface area (Å²) < 4.78 is 27.4. The second kappa shape index (κ2) is 5.01. The number of nitrogens with zero attached hydrogens (tertiary/aromatic N) is 2. The number of nitrogens with two attached hydrogens (primary N) is 1. The number of pyridine rings is 1. The Hall–Kier alpha value is -2.12. The number of hydrogen-bond donors (Lipinski definition) is 2. The van der Waals surface area contributed by atoms with Gasteiger partial charge in [0.05, 0.1) is 5.69 Å². The quantitative estimate of drug-likeness (QED) is 0.663. The molecule has 0 radical (unpaired) electrons. The van der Waals surface area contributed by atoms with Crippen LogP contribution in [0.5, 0.6) is 0 Å². The van der Waals surface area contributed by atoms with E-state index in [4.69, 9.17) is 5.84 Å². The molecule has 0 spiro atoms. The third-order valence-corrected chi connectivity index (χ3v) is 5.55. The summed E-state index contributed by atoms with van der Waals surface area (Å²) in [4.78, 5) is 4.05. The normalized spacial score (nSPS) is 17.6. The van der Waals surface area contributed by atoms with Crippen LogP contribution in [0.25, 0.3) is 0 Å². The van der Waals surface area contributed by atoms with Crippen molar-refractivity contribution in [1.29, 1.82) is 0 Å². The molecule has 0 amide bonds. The maximum absolute atomic E-state index is 13.0. The molecule has 0 saturated heterocycles. The average molecular weight is 304 g/mol. The van der Waals surface area contributed by atoms with Gasteiger partial charge in [-0.25, -0.2) is 19.2 Å². The summed E-state index contributed by atoms with van der Waals surface area (Å²) in [5, 5.41) is 0. The van der Waals surface area contributed by atoms with Gasteiger partial charge in [0.25, 0.3) is 10.0 Å². The number of para-hydroxylation sites is 1. The zero-order valence-electron chi connectivity index (χ0n) is 11.5. The molecule has 2 aromatic rings. The highest BCUT2D eigenvalue weighted by Crippen LogP contribution is 2.37. The predicted molar refractivity (Wildman–Crippen MR) is 81.3 cm³/mol. The highest BCUT2D eigenvalue weighted by molar-refractivity contribution is 7.93. The molecular formula is C14H16N4O2S. The van der Waals surface area contributed by atoms with E-state index >= 15 is 0 Å². The van der Waals surface area contributed by atoms with E-state index < -0.39 is 10.0 Å². The van der Waals surface area contributed by atoms with Gasteiger partial charge in [0.15, 0.2) is 5.82 Å². The number of fused-ring (bicyclic) bond motifs is 1. The van der Waals surface area contributed by atoms with Crippen molar-refractivity contribution in [2.75, 3.05) is 9.73 Å². The van der Waals surface area contributed by atoms with E-state index in [1.807, 2.05) is 31.2 Å². The van der Waals surface area contributed by atoms with E-state index in [0.717, 1.165) is 11.3 Å². The fraction of sp³-hybridized carbons (Fsp3) is 0.214. The Balaban J connectivity index is 2.15. The Labute approximate surface area is 123 Å². The van der Waals surface area contributed by atoms with E-state index in [9.17, 15) is 8.42 Å². The van der Waals surface area contributed by atoms with Crippen molar-refractivity contribution in [2.45, 2.75) is 24.3 Å². The van der Waals surface area contributed by atoms with Crippen molar-refractivity contribution in [3.8, 4) is 0 Å². The van der Waals surface area contributed by atoms with Crippen LogP contribution in [-0.4, -0.2) is 19.4 Å². The van der Waals surface area contributed by atoms with Gasteiger partial charge in [0.2, 0.25) is 0 Å². The Morgan fingerprint density at radius 2 is 2.05 bits per heavy atom. The van der Waals surface area contributed by atoms with E-state index in [0.29, 0.717) is 6.42 Å². The van der Waals surface area contributed by atoms with Gasteiger partial charge >= 0.3 is 0 Å². The standard InChI is InChI=1S/C14H16N4O2S/c1-10-9-11-5-2-3-6-12(11)18(10)21(19,20)13-7-4-8-16-14(13)17-15/h2-8,10H,9,15H2,1H3,(H,16,17). The SMILES string of the molecule is CC1Cc2ccccc2N1S(=O)(=O)c1cccnc1NN. The average Bonchev–Trinajstić information content (AvgIpc) is 2.83. The molecule has 6 nitrogen and oxygen atoms in total. The number of nitrogens with one attached hydrogen (secondary N) is 1. The van der Waals surface area contributed by atoms with E-state index in [1.54, 1.807) is 6.07 Å². The fourth-order valence-electron chi connectivity index (χ4n) is 2.72. The molecule has 1 atom stereocenters. The van der Waals surface area contributed by atoms with Gasteiger partial charge in [0.1, 0.15) is 4.90 Å². The molecule has 21 heavy (non-hydrogen) atoms. The van der Waals surface area contributed by atoms with E-state index in [2.05, 4.69) is 10.4 Å². The van der Waals surface area contributed by atoms with Gasteiger partial charge in [-0.05, 0) is 37.1 Å². The van der Waals surface area contributed by atoms with Crippen LogP contribution in [0, 0.1) is 0 Å². The Bertz CT molecular complexity index is 776. The minimum atomic E-state index is -3.72. The first-order valence-electron chi connectivity index (χ1n) is 6.59. The highest BCUT2D eigenvalue weighted by atomic mass is 32.2. The monoisotopic (exact) mass is 304 g/mol. The Morgan fingerprint density at radius 3 is 2.81 bits per heavy atom. The first-order valence-corrected chi connectivity index (χ1v) is 8.03. The number of rotatable bonds is 3. The van der Waals surface area contributed by atoms with Gasteiger partial charge in [-0.1, -0.05) is 18.2 Å². The number of anilines is 2. The molecule has 0 saturated carbocycles. The molecule has 0 fully saturated rings. The van der Waals surface area contributed by atoms with Gasteiger partial charge in [-0.2, -0.15) is 0 Å². The van der Waals surface area contributed by atoms with Crippen LogP contribution >= 0.6 is 0 Å². The molecule has 1 aromatic heterocycles. The minimum absolute atomic E-state index is 0.0797. The molecule has 3 rings (SSSR count). The number of hydrazine groups is 1. The lowest BCUT2D eigenvalue weighted by atomic mass is 10.1. The number of sulfonamides is 1. The summed E-state index contributed by atoms with van der Waals surface area (Å²) in [5.74, 6) is 5.53. The maximum Gasteiger partial charge on any atom is 0.268 e. The van der Waals surface area contributed by atoms with Crippen LogP contribution in [0.4, 0.5) is 11.5 Å². The van der Waals surface area contributed by atoms with E-state index in [1.165, 1.54) is 16.6 Å². The maximum atomic E-state index is 13.0. The van der Waals surface area contributed by atoms with Crippen LogP contribution in [0.15, 0.2) is 47.5 Å². The zero-order chi connectivity index (χ0) is 15.0. The Morgan fingerprint density at radius 1 is 1.29 bits per heavy atom. The minimum Gasteiger partial charge on any atom is -0.307 e. The van der Waals surface area contributed by atoms with Crippen molar-refractivity contribution in [3.63, 3.8) is 0 Å². The van der Waals surface area contributed by atoms with Crippen LogP contribution < -0.4 is 15.6 Å². The number of nitrogen functional groups attached to an aromatic ring is 1. The van der Waals surface area contributed by atoms with Crippen molar-refractivity contribution in [1.82, 2.24) is 4.98 Å². The largest absolute Gasteiger partial charge is 0.307 e. The highest BCUT2D eigenvalue weighted by Gasteiger charge is 2.37. The number of benzene rings is 1. The third-order valence-electron chi connectivity index (χ3n) is 3.59. The van der Waals surface area contributed by atoms with Crippen LogP contribution in [0.3, 0.4) is 0 Å². The van der Waals surface area contributed by atoms with Gasteiger partial charge < -0.3 is 5.43 Å². The molecule has 2 heterocycles. The summed E-state index contributed by atoms with van der Waals surface area (Å²) >= 11 is 0. The van der Waals surface area contributed by atoms with Crippen molar-refractivity contribution >= 4 is 21.5 Å². The summed E-state index contributed by atoms with van der Waals surface area (Å²) in [6.07, 6.45) is 2.19. The topological polar surface area (TPSA) is 88.3 Å². The molecule has 0 bridgehead atoms. The molecule has 1 unspecified atom stereocenters. The first-order chi connectivity index (χ1) is 10.1. The first kappa shape index (κ1) is 13.8. The summed E-state index contributed by atoms with van der Waals surface area (Å²) in [6, 6.07) is 10.5. The summed E-state index contributed by atoms with van der Waals surface area (Å²) in [6.45, 7) is 1.89. The van der Waals surface area contributed by atoms with Gasteiger partial charge in [-0.15, -0.1) is 0 Å². The third kappa shape index (κ3) is 2.14. The molecule has 1 aliphatic heterocycles. The van der Waals surface area contributed by atoms with Crippen LogP contribution in [0.2, 0.25) is 0 Å². The number of hydrogen-bond acceptors (Lipinski definition) is 5. The van der Waals surface area contributed by atoms with Crippen LogP contribution in [-0.2, 0) is 16.4 Å². The lowest BCUT2D eigenvalue weighted by Gasteiger charge is -2.25. The summed E-state index contributed by atoms with van der Waals surface area (Å²) in [5.41, 5.74) is 4.09. The molecule has 3 N–H and O–H groups in total. The fourth-order valence-corrected chi connectivity index (χ4v) is 4.52. The van der Waals surface area contributed by atoms with Gasteiger partial charge in [0, 0.05) is 12.2 Å². The van der Waals surface area contributed by atoms with Crippen LogP contribution in [0.1, 0.15) is 12.5 Å². The van der Waals surface area contributed by atoms with Crippen molar-refractivity contribution < 1.29 is 8.42 Å². The molecule has 1 aliphatic rings. The predicted octanol–water partition coefficient (Wildman–Crippen LogP) is 1.51. The number of aromatic nitrogens is 1. The van der Waals surface area contributed by atoms with E-state index in [-0.39, 0.29) is 16.8 Å². The molecule has 1 aromatic carbocycles. The second-order valence-electron chi connectivity index (χ2n) is 4.98. The molecule has 110 valence electrons. The Kier molecular flexibility index (Phi) is 3.30. The molecule has 0 aliphatic carbocycles. The smallest absolute Gasteiger partial charge is 0.268 e. The van der Waals surface area contributed by atoms with Crippen molar-refractivity contribution in [2.24, 2.45) is 5.84 Å².